The molecule has 3 heteroatoms. The van der Waals surface area contributed by atoms with Crippen LogP contribution in [0.2, 0.25) is 0 Å². The fourth-order valence-electron chi connectivity index (χ4n) is 2.95. The number of aromatic nitrogens is 2. The van der Waals surface area contributed by atoms with Crippen molar-refractivity contribution in [1.29, 1.82) is 0 Å². The van der Waals surface area contributed by atoms with Gasteiger partial charge in [0, 0.05) is 23.8 Å². The van der Waals surface area contributed by atoms with Crippen LogP contribution in [0.4, 0.5) is 0 Å². The first kappa shape index (κ1) is 17.2. The third-order valence-electron chi connectivity index (χ3n) is 4.42. The molecule has 0 fully saturated rings. The van der Waals surface area contributed by atoms with Crippen molar-refractivity contribution in [1.82, 2.24) is 15.1 Å². The number of nitrogens with one attached hydrogen (secondary N) is 1. The molecule has 0 saturated heterocycles. The Kier molecular flexibility index (Phi) is 7.28. The van der Waals surface area contributed by atoms with E-state index >= 15 is 0 Å². The summed E-state index contributed by atoms with van der Waals surface area (Å²) in [5.74, 6) is 0.740. The van der Waals surface area contributed by atoms with Gasteiger partial charge < -0.3 is 5.32 Å². The molecule has 20 heavy (non-hydrogen) atoms. The summed E-state index contributed by atoms with van der Waals surface area (Å²) < 4.78 is 2.23. The summed E-state index contributed by atoms with van der Waals surface area (Å²) in [4.78, 5) is 0. The summed E-state index contributed by atoms with van der Waals surface area (Å²) in [6.07, 6.45) is 4.76. The molecule has 0 aliphatic heterocycles. The molecule has 1 rings (SSSR count). The molecule has 0 aliphatic carbocycles. The van der Waals surface area contributed by atoms with E-state index in [1.54, 1.807) is 0 Å². The highest BCUT2D eigenvalue weighted by atomic mass is 15.3. The predicted octanol–water partition coefficient (Wildman–Crippen LogP) is 4.39. The van der Waals surface area contributed by atoms with E-state index in [1.807, 2.05) is 0 Å². The summed E-state index contributed by atoms with van der Waals surface area (Å²) in [5, 5.41) is 8.46. The molecular formula is C17H33N3. The number of rotatable bonds is 9. The summed E-state index contributed by atoms with van der Waals surface area (Å²) >= 11 is 0. The molecule has 1 heterocycles. The molecule has 0 aliphatic rings. The maximum absolute atomic E-state index is 4.80. The first-order valence-electron chi connectivity index (χ1n) is 8.36. The van der Waals surface area contributed by atoms with Crippen LogP contribution >= 0.6 is 0 Å². The number of nitrogens with zero attached hydrogens (tertiary/aromatic N) is 2. The molecule has 0 bridgehead atoms. The highest BCUT2D eigenvalue weighted by molar-refractivity contribution is 5.28. The summed E-state index contributed by atoms with van der Waals surface area (Å²) in [6, 6.07) is 0.449. The SMILES string of the molecule is CCCNC(CC)c1c(C)nn(CC(CC)CC)c1C. The number of hydrogen-bond acceptors (Lipinski definition) is 2. The van der Waals surface area contributed by atoms with Gasteiger partial charge in [-0.25, -0.2) is 0 Å². The maximum Gasteiger partial charge on any atom is 0.0644 e. The predicted molar refractivity (Wildman–Crippen MR) is 87.1 cm³/mol. The highest BCUT2D eigenvalue weighted by Crippen LogP contribution is 2.25. The van der Waals surface area contributed by atoms with Crippen LogP contribution in [0, 0.1) is 19.8 Å². The van der Waals surface area contributed by atoms with E-state index in [0.717, 1.165) is 25.4 Å². The first-order chi connectivity index (χ1) is 9.58. The van der Waals surface area contributed by atoms with Crippen LogP contribution in [0.25, 0.3) is 0 Å². The van der Waals surface area contributed by atoms with Gasteiger partial charge in [0.2, 0.25) is 0 Å². The van der Waals surface area contributed by atoms with Gasteiger partial charge in [-0.1, -0.05) is 40.5 Å². The van der Waals surface area contributed by atoms with Crippen molar-refractivity contribution < 1.29 is 0 Å². The van der Waals surface area contributed by atoms with Crippen LogP contribution in [0.15, 0.2) is 0 Å². The van der Waals surface area contributed by atoms with E-state index < -0.39 is 0 Å². The lowest BCUT2D eigenvalue weighted by atomic mass is 10.0. The Morgan fingerprint density at radius 3 is 2.20 bits per heavy atom. The standard InChI is InChI=1S/C17H33N3/c1-7-11-18-16(10-4)17-13(5)19-20(14(17)6)12-15(8-2)9-3/h15-16,18H,7-12H2,1-6H3. The smallest absolute Gasteiger partial charge is 0.0644 e. The molecule has 116 valence electrons. The van der Waals surface area contributed by atoms with Crippen molar-refractivity contribution in [3.63, 3.8) is 0 Å². The van der Waals surface area contributed by atoms with E-state index in [1.165, 1.54) is 36.2 Å². The maximum atomic E-state index is 4.80. The average Bonchev–Trinajstić information content (AvgIpc) is 2.73. The van der Waals surface area contributed by atoms with Crippen LogP contribution in [0.3, 0.4) is 0 Å². The van der Waals surface area contributed by atoms with Crippen molar-refractivity contribution >= 4 is 0 Å². The quantitative estimate of drug-likeness (QED) is 0.726. The Balaban J connectivity index is 2.94. The third kappa shape index (κ3) is 4.08. The fourth-order valence-corrected chi connectivity index (χ4v) is 2.95. The fraction of sp³-hybridized carbons (Fsp3) is 0.824. The van der Waals surface area contributed by atoms with Crippen molar-refractivity contribution in [3.05, 3.63) is 17.0 Å². The van der Waals surface area contributed by atoms with Gasteiger partial charge in [-0.15, -0.1) is 0 Å². The summed E-state index contributed by atoms with van der Waals surface area (Å²) in [5.41, 5.74) is 3.97. The Labute approximate surface area is 125 Å². The van der Waals surface area contributed by atoms with Gasteiger partial charge in [0.15, 0.2) is 0 Å². The van der Waals surface area contributed by atoms with Crippen molar-refractivity contribution in [3.8, 4) is 0 Å². The number of aryl methyl sites for hydroxylation is 1. The van der Waals surface area contributed by atoms with E-state index in [-0.39, 0.29) is 0 Å². The topological polar surface area (TPSA) is 29.9 Å². The summed E-state index contributed by atoms with van der Waals surface area (Å²) in [6.45, 7) is 15.5. The van der Waals surface area contributed by atoms with Gasteiger partial charge in [0.25, 0.3) is 0 Å². The molecule has 0 aromatic carbocycles. The van der Waals surface area contributed by atoms with Crippen LogP contribution in [-0.2, 0) is 6.54 Å². The minimum absolute atomic E-state index is 0.449. The molecule has 3 nitrogen and oxygen atoms in total. The minimum atomic E-state index is 0.449. The van der Waals surface area contributed by atoms with E-state index in [2.05, 4.69) is 51.5 Å². The third-order valence-corrected chi connectivity index (χ3v) is 4.42. The van der Waals surface area contributed by atoms with E-state index in [4.69, 9.17) is 5.10 Å². The largest absolute Gasteiger partial charge is 0.310 e. The minimum Gasteiger partial charge on any atom is -0.310 e. The monoisotopic (exact) mass is 279 g/mol. The van der Waals surface area contributed by atoms with Gasteiger partial charge in [0.05, 0.1) is 5.69 Å². The van der Waals surface area contributed by atoms with Crippen LogP contribution in [-0.4, -0.2) is 16.3 Å². The molecule has 0 radical (unpaired) electrons. The molecule has 0 spiro atoms. The van der Waals surface area contributed by atoms with Crippen LogP contribution < -0.4 is 5.32 Å². The lowest BCUT2D eigenvalue weighted by Crippen LogP contribution is -2.22. The Morgan fingerprint density at radius 1 is 1.05 bits per heavy atom. The van der Waals surface area contributed by atoms with Gasteiger partial charge in [-0.05, 0) is 39.2 Å². The van der Waals surface area contributed by atoms with Crippen molar-refractivity contribution in [2.24, 2.45) is 5.92 Å². The van der Waals surface area contributed by atoms with Crippen LogP contribution in [0.1, 0.15) is 76.4 Å². The van der Waals surface area contributed by atoms with Gasteiger partial charge in [-0.2, -0.15) is 5.10 Å². The molecule has 0 saturated carbocycles. The zero-order valence-corrected chi connectivity index (χ0v) is 14.3. The molecular weight excluding hydrogens is 246 g/mol. The van der Waals surface area contributed by atoms with Gasteiger partial charge in [0.1, 0.15) is 0 Å². The van der Waals surface area contributed by atoms with Crippen LogP contribution in [0.5, 0.6) is 0 Å². The zero-order valence-electron chi connectivity index (χ0n) is 14.3. The highest BCUT2D eigenvalue weighted by Gasteiger charge is 2.20. The second-order valence-electron chi connectivity index (χ2n) is 5.86. The van der Waals surface area contributed by atoms with Crippen molar-refractivity contribution in [2.45, 2.75) is 79.8 Å². The molecule has 0 amide bonds. The van der Waals surface area contributed by atoms with Crippen molar-refractivity contribution in [2.75, 3.05) is 6.54 Å². The zero-order chi connectivity index (χ0) is 15.1. The Hall–Kier alpha value is -0.830. The lowest BCUT2D eigenvalue weighted by molar-refractivity contribution is 0.389. The number of hydrogen-bond donors (Lipinski definition) is 1. The Morgan fingerprint density at radius 2 is 1.70 bits per heavy atom. The molecule has 1 atom stereocenters. The second kappa shape index (κ2) is 8.46. The summed E-state index contributed by atoms with van der Waals surface area (Å²) in [7, 11) is 0. The Bertz CT molecular complexity index is 391. The van der Waals surface area contributed by atoms with E-state index in [9.17, 15) is 0 Å². The van der Waals surface area contributed by atoms with Gasteiger partial charge in [-0.3, -0.25) is 4.68 Å². The average molecular weight is 279 g/mol. The molecule has 1 N–H and O–H groups in total. The normalized spacial score (nSPS) is 13.2. The second-order valence-corrected chi connectivity index (χ2v) is 5.86. The van der Waals surface area contributed by atoms with E-state index in [0.29, 0.717) is 6.04 Å². The first-order valence-corrected chi connectivity index (χ1v) is 8.36. The molecule has 1 aromatic heterocycles. The molecule has 1 unspecified atom stereocenters. The lowest BCUT2D eigenvalue weighted by Gasteiger charge is -2.18. The molecule has 1 aromatic rings. The van der Waals surface area contributed by atoms with Gasteiger partial charge >= 0.3 is 0 Å².